The number of aromatic nitrogens is 4. The Hall–Kier alpha value is -1.80. The predicted molar refractivity (Wildman–Crippen MR) is 90.1 cm³/mol. The largest absolute Gasteiger partial charge is 0.354 e. The molecular weight excluding hydrogens is 308 g/mol. The Balaban J connectivity index is 0.00000242. The molecule has 0 radical (unpaired) electrons. The van der Waals surface area contributed by atoms with E-state index in [0.717, 1.165) is 30.7 Å². The fourth-order valence-electron chi connectivity index (χ4n) is 2.28. The molecule has 2 rings (SSSR count). The third-order valence-electron chi connectivity index (χ3n) is 3.71. The van der Waals surface area contributed by atoms with Crippen molar-refractivity contribution in [1.82, 2.24) is 24.0 Å². The second kappa shape index (κ2) is 7.46. The maximum atomic E-state index is 12.0. The van der Waals surface area contributed by atoms with Crippen molar-refractivity contribution < 1.29 is 0 Å². The van der Waals surface area contributed by atoms with Gasteiger partial charge in [-0.15, -0.1) is 12.4 Å². The number of hydrogen-bond acceptors (Lipinski definition) is 5. The standard InChI is InChI=1S/C13H22N6O2.ClH/c1-5-19(6-2)8-7-14-12-15-9-10(16-12)17(3)13(21)18(4)11(9)20;/h5-8H2,1-4H3,(H2,14,15,16);1H. The average molecular weight is 331 g/mol. The quantitative estimate of drug-likeness (QED) is 0.786. The van der Waals surface area contributed by atoms with Crippen molar-refractivity contribution in [3.8, 4) is 0 Å². The lowest BCUT2D eigenvalue weighted by atomic mass is 10.5. The fourth-order valence-corrected chi connectivity index (χ4v) is 2.28. The van der Waals surface area contributed by atoms with E-state index in [1.165, 1.54) is 11.6 Å². The number of H-pyrrole nitrogens is 1. The Morgan fingerprint density at radius 2 is 1.82 bits per heavy atom. The van der Waals surface area contributed by atoms with Crippen molar-refractivity contribution in [2.45, 2.75) is 13.8 Å². The van der Waals surface area contributed by atoms with E-state index in [1.807, 2.05) is 0 Å². The second-order valence-corrected chi connectivity index (χ2v) is 4.94. The molecular formula is C13H23ClN6O2. The molecule has 0 spiro atoms. The lowest BCUT2D eigenvalue weighted by Gasteiger charge is -2.17. The molecule has 0 unspecified atom stereocenters. The lowest BCUT2D eigenvalue weighted by Crippen LogP contribution is -2.36. The summed E-state index contributed by atoms with van der Waals surface area (Å²) < 4.78 is 2.43. The zero-order chi connectivity index (χ0) is 15.6. The van der Waals surface area contributed by atoms with Crippen LogP contribution < -0.4 is 16.6 Å². The van der Waals surface area contributed by atoms with Gasteiger partial charge >= 0.3 is 5.69 Å². The van der Waals surface area contributed by atoms with Crippen LogP contribution >= 0.6 is 12.4 Å². The molecule has 2 heterocycles. The number of nitrogens with one attached hydrogen (secondary N) is 2. The van der Waals surface area contributed by atoms with E-state index >= 15 is 0 Å². The molecule has 8 nitrogen and oxygen atoms in total. The van der Waals surface area contributed by atoms with Crippen LogP contribution in [0.25, 0.3) is 11.2 Å². The molecule has 0 saturated carbocycles. The normalized spacial score (nSPS) is 11.0. The zero-order valence-electron chi connectivity index (χ0n) is 13.3. The number of likely N-dealkylation sites (N-methyl/N-ethyl adjacent to an activating group) is 1. The van der Waals surface area contributed by atoms with Crippen molar-refractivity contribution in [1.29, 1.82) is 0 Å². The highest BCUT2D eigenvalue weighted by molar-refractivity contribution is 5.85. The van der Waals surface area contributed by atoms with E-state index < -0.39 is 0 Å². The molecule has 0 aliphatic heterocycles. The number of halogens is 1. The number of hydrogen-bond donors (Lipinski definition) is 2. The average Bonchev–Trinajstić information content (AvgIpc) is 2.92. The van der Waals surface area contributed by atoms with Gasteiger partial charge in [0.25, 0.3) is 5.56 Å². The molecule has 0 atom stereocenters. The number of anilines is 1. The number of nitrogens with zero attached hydrogens (tertiary/aromatic N) is 4. The zero-order valence-corrected chi connectivity index (χ0v) is 14.2. The van der Waals surface area contributed by atoms with Gasteiger partial charge in [0.15, 0.2) is 11.2 Å². The molecule has 124 valence electrons. The van der Waals surface area contributed by atoms with Crippen LogP contribution in [0, 0.1) is 0 Å². The number of rotatable bonds is 6. The smallest absolute Gasteiger partial charge is 0.332 e. The number of imidazole rings is 1. The van der Waals surface area contributed by atoms with Gasteiger partial charge in [0.05, 0.1) is 0 Å². The molecule has 2 N–H and O–H groups in total. The predicted octanol–water partition coefficient (Wildman–Crippen LogP) is 0.136. The molecule has 0 saturated heterocycles. The van der Waals surface area contributed by atoms with Gasteiger partial charge in [0.2, 0.25) is 5.95 Å². The summed E-state index contributed by atoms with van der Waals surface area (Å²) in [6.07, 6.45) is 0. The van der Waals surface area contributed by atoms with Crippen molar-refractivity contribution in [2.75, 3.05) is 31.5 Å². The molecule has 2 aromatic rings. The van der Waals surface area contributed by atoms with Crippen LogP contribution in [0.15, 0.2) is 9.59 Å². The monoisotopic (exact) mass is 330 g/mol. The van der Waals surface area contributed by atoms with E-state index in [2.05, 4.69) is 34.0 Å². The summed E-state index contributed by atoms with van der Waals surface area (Å²) >= 11 is 0. The van der Waals surface area contributed by atoms with Crippen LogP contribution in [-0.4, -0.2) is 50.2 Å². The van der Waals surface area contributed by atoms with Gasteiger partial charge in [-0.3, -0.25) is 13.9 Å². The van der Waals surface area contributed by atoms with E-state index in [0.29, 0.717) is 17.1 Å². The van der Waals surface area contributed by atoms with Gasteiger partial charge in [0, 0.05) is 27.2 Å². The molecule has 0 aliphatic rings. The highest BCUT2D eigenvalue weighted by Gasteiger charge is 2.13. The van der Waals surface area contributed by atoms with Crippen molar-refractivity contribution in [3.63, 3.8) is 0 Å². The van der Waals surface area contributed by atoms with Crippen molar-refractivity contribution in [2.24, 2.45) is 14.1 Å². The molecule has 2 aromatic heterocycles. The van der Waals surface area contributed by atoms with E-state index in [9.17, 15) is 9.59 Å². The first-order valence-electron chi connectivity index (χ1n) is 7.11. The van der Waals surface area contributed by atoms with Crippen molar-refractivity contribution >= 4 is 29.5 Å². The molecule has 9 heteroatoms. The first kappa shape index (κ1) is 18.2. The Labute approximate surface area is 134 Å². The van der Waals surface area contributed by atoms with Crippen LogP contribution in [0.1, 0.15) is 13.8 Å². The summed E-state index contributed by atoms with van der Waals surface area (Å²) in [6, 6.07) is 0. The summed E-state index contributed by atoms with van der Waals surface area (Å²) in [7, 11) is 3.06. The molecule has 0 aliphatic carbocycles. The number of aryl methyl sites for hydroxylation is 1. The third-order valence-corrected chi connectivity index (χ3v) is 3.71. The van der Waals surface area contributed by atoms with Gasteiger partial charge in [-0.1, -0.05) is 13.8 Å². The SMILES string of the molecule is CCN(CC)CCNc1nc2c([nH]1)c(=O)n(C)c(=O)n2C.Cl. The Bertz CT molecular complexity index is 743. The summed E-state index contributed by atoms with van der Waals surface area (Å²) in [5.41, 5.74) is -0.0375. The van der Waals surface area contributed by atoms with Crippen LogP contribution in [-0.2, 0) is 14.1 Å². The Kier molecular flexibility index (Phi) is 6.19. The van der Waals surface area contributed by atoms with Crippen LogP contribution in [0.5, 0.6) is 0 Å². The third kappa shape index (κ3) is 3.33. The maximum absolute atomic E-state index is 12.0. The molecule has 0 aromatic carbocycles. The van der Waals surface area contributed by atoms with Crippen LogP contribution in [0.3, 0.4) is 0 Å². The number of fused-ring (bicyclic) bond motifs is 1. The minimum atomic E-state index is -0.381. The first-order valence-corrected chi connectivity index (χ1v) is 7.11. The molecule has 0 bridgehead atoms. The summed E-state index contributed by atoms with van der Waals surface area (Å²) in [4.78, 5) is 33.4. The summed E-state index contributed by atoms with van der Waals surface area (Å²) in [6.45, 7) is 7.83. The van der Waals surface area contributed by atoms with Crippen LogP contribution in [0.4, 0.5) is 5.95 Å². The molecule has 0 amide bonds. The topological polar surface area (TPSA) is 88.0 Å². The minimum absolute atomic E-state index is 0. The van der Waals surface area contributed by atoms with Crippen LogP contribution in [0.2, 0.25) is 0 Å². The fraction of sp³-hybridized carbons (Fsp3) is 0.615. The maximum Gasteiger partial charge on any atom is 0.332 e. The minimum Gasteiger partial charge on any atom is -0.354 e. The Morgan fingerprint density at radius 3 is 2.41 bits per heavy atom. The first-order chi connectivity index (χ1) is 9.99. The highest BCUT2D eigenvalue weighted by Crippen LogP contribution is 2.07. The highest BCUT2D eigenvalue weighted by atomic mass is 35.5. The summed E-state index contributed by atoms with van der Waals surface area (Å²) in [5, 5.41) is 3.15. The van der Waals surface area contributed by atoms with Gasteiger partial charge in [0.1, 0.15) is 0 Å². The van der Waals surface area contributed by atoms with Gasteiger partial charge in [-0.05, 0) is 13.1 Å². The van der Waals surface area contributed by atoms with E-state index in [1.54, 1.807) is 7.05 Å². The lowest BCUT2D eigenvalue weighted by molar-refractivity contribution is 0.316. The van der Waals surface area contributed by atoms with Crippen molar-refractivity contribution in [3.05, 3.63) is 20.8 Å². The van der Waals surface area contributed by atoms with Gasteiger partial charge < -0.3 is 15.2 Å². The van der Waals surface area contributed by atoms with Gasteiger partial charge in [-0.25, -0.2) is 4.79 Å². The van der Waals surface area contributed by atoms with Gasteiger partial charge in [-0.2, -0.15) is 4.98 Å². The molecule has 22 heavy (non-hydrogen) atoms. The summed E-state index contributed by atoms with van der Waals surface area (Å²) in [5.74, 6) is 0.510. The van der Waals surface area contributed by atoms with E-state index in [4.69, 9.17) is 0 Å². The second-order valence-electron chi connectivity index (χ2n) is 4.94. The molecule has 0 fully saturated rings. The van der Waals surface area contributed by atoms with E-state index in [-0.39, 0.29) is 23.7 Å². The number of aromatic amines is 1. The Morgan fingerprint density at radius 1 is 1.18 bits per heavy atom.